The van der Waals surface area contributed by atoms with Crippen LogP contribution < -0.4 is 5.73 Å². The minimum Gasteiger partial charge on any atom is -0.469 e. The summed E-state index contributed by atoms with van der Waals surface area (Å²) in [6.45, 7) is 0. The van der Waals surface area contributed by atoms with Crippen molar-refractivity contribution in [1.82, 2.24) is 4.98 Å². The zero-order chi connectivity index (χ0) is 10.6. The van der Waals surface area contributed by atoms with Gasteiger partial charge in [0.1, 0.15) is 4.60 Å². The molecule has 0 fully saturated rings. The highest BCUT2D eigenvalue weighted by molar-refractivity contribution is 9.10. The van der Waals surface area contributed by atoms with Gasteiger partial charge in [-0.25, -0.2) is 4.98 Å². The van der Waals surface area contributed by atoms with E-state index in [-0.39, 0.29) is 12.4 Å². The largest absolute Gasteiger partial charge is 0.469 e. The van der Waals surface area contributed by atoms with Crippen LogP contribution in [0.2, 0.25) is 0 Å². The maximum absolute atomic E-state index is 10.9. The second-order valence-corrected chi connectivity index (χ2v) is 3.58. The van der Waals surface area contributed by atoms with Gasteiger partial charge in [0, 0.05) is 0 Å². The fourth-order valence-corrected chi connectivity index (χ4v) is 1.36. The van der Waals surface area contributed by atoms with Gasteiger partial charge in [0.25, 0.3) is 0 Å². The predicted molar refractivity (Wildman–Crippen MR) is 55.5 cm³/mol. The number of methoxy groups -OCH3 is 1. The van der Waals surface area contributed by atoms with E-state index in [4.69, 9.17) is 5.73 Å². The number of halogens is 1. The summed E-state index contributed by atoms with van der Waals surface area (Å²) in [5.41, 5.74) is 6.43. The second-order valence-electron chi connectivity index (χ2n) is 2.77. The first-order valence-electron chi connectivity index (χ1n) is 4.08. The molecule has 1 aromatic rings. The Balaban J connectivity index is 2.69. The minimum absolute atomic E-state index is 0.139. The Hall–Kier alpha value is -0.940. The Morgan fingerprint density at radius 2 is 2.43 bits per heavy atom. The number of rotatable bonds is 3. The van der Waals surface area contributed by atoms with Crippen molar-refractivity contribution >= 4 is 21.9 Å². The van der Waals surface area contributed by atoms with Crippen LogP contribution in [-0.2, 0) is 9.53 Å². The van der Waals surface area contributed by atoms with Gasteiger partial charge in [-0.05, 0) is 28.1 Å². The summed E-state index contributed by atoms with van der Waals surface area (Å²) in [4.78, 5) is 15.1. The molecule has 0 spiro atoms. The smallest absolute Gasteiger partial charge is 0.307 e. The van der Waals surface area contributed by atoms with Crippen molar-refractivity contribution in [2.75, 3.05) is 7.11 Å². The molecule has 0 saturated carbocycles. The summed E-state index contributed by atoms with van der Waals surface area (Å²) in [6, 6.07) is 4.98. The molecule has 14 heavy (non-hydrogen) atoms. The van der Waals surface area contributed by atoms with Crippen LogP contribution in [0.1, 0.15) is 18.2 Å². The van der Waals surface area contributed by atoms with Crippen LogP contribution in [0.15, 0.2) is 22.8 Å². The lowest BCUT2D eigenvalue weighted by molar-refractivity contribution is -0.141. The first-order chi connectivity index (χ1) is 6.63. The van der Waals surface area contributed by atoms with E-state index >= 15 is 0 Å². The molecule has 0 aromatic carbocycles. The van der Waals surface area contributed by atoms with Crippen LogP contribution in [0.25, 0.3) is 0 Å². The topological polar surface area (TPSA) is 65.2 Å². The molecule has 0 unspecified atom stereocenters. The Morgan fingerprint density at radius 3 is 3.00 bits per heavy atom. The van der Waals surface area contributed by atoms with Crippen LogP contribution >= 0.6 is 15.9 Å². The van der Waals surface area contributed by atoms with Crippen LogP contribution in [0, 0.1) is 0 Å². The summed E-state index contributed by atoms with van der Waals surface area (Å²) in [5, 5.41) is 0. The maximum Gasteiger partial charge on any atom is 0.307 e. The van der Waals surface area contributed by atoms with Gasteiger partial charge in [-0.15, -0.1) is 0 Å². The summed E-state index contributed by atoms with van der Waals surface area (Å²) in [6.07, 6.45) is 0.139. The number of aromatic nitrogens is 1. The summed E-state index contributed by atoms with van der Waals surface area (Å²) in [5.74, 6) is -0.334. The normalized spacial score (nSPS) is 12.2. The lowest BCUT2D eigenvalue weighted by Gasteiger charge is -2.09. The maximum atomic E-state index is 10.9. The predicted octanol–water partition coefficient (Wildman–Crippen LogP) is 1.41. The third-order valence-corrected chi connectivity index (χ3v) is 2.17. The lowest BCUT2D eigenvalue weighted by atomic mass is 10.1. The highest BCUT2D eigenvalue weighted by Crippen LogP contribution is 2.14. The third kappa shape index (κ3) is 3.08. The Kier molecular flexibility index (Phi) is 4.03. The van der Waals surface area contributed by atoms with Gasteiger partial charge in [0.05, 0.1) is 25.3 Å². The SMILES string of the molecule is COC(=O)C[C@@H](N)c1cccc(Br)n1. The number of carbonyl (C=O) groups excluding carboxylic acids is 1. The molecule has 0 saturated heterocycles. The van der Waals surface area contributed by atoms with E-state index in [1.165, 1.54) is 7.11 Å². The molecule has 2 N–H and O–H groups in total. The van der Waals surface area contributed by atoms with Gasteiger partial charge in [0.2, 0.25) is 0 Å². The standard InChI is InChI=1S/C9H11BrN2O2/c1-14-9(13)5-6(11)7-3-2-4-8(10)12-7/h2-4,6H,5,11H2,1H3/t6-/m1/s1. The Bertz CT molecular complexity index is 330. The van der Waals surface area contributed by atoms with Gasteiger partial charge in [0.15, 0.2) is 0 Å². The van der Waals surface area contributed by atoms with E-state index in [1.54, 1.807) is 12.1 Å². The molecule has 0 amide bonds. The van der Waals surface area contributed by atoms with Crippen LogP contribution in [0.3, 0.4) is 0 Å². The Morgan fingerprint density at radius 1 is 1.71 bits per heavy atom. The first-order valence-corrected chi connectivity index (χ1v) is 4.87. The molecule has 1 aromatic heterocycles. The lowest BCUT2D eigenvalue weighted by Crippen LogP contribution is -2.17. The van der Waals surface area contributed by atoms with Gasteiger partial charge < -0.3 is 10.5 Å². The zero-order valence-electron chi connectivity index (χ0n) is 7.74. The van der Waals surface area contributed by atoms with Gasteiger partial charge in [-0.2, -0.15) is 0 Å². The fraction of sp³-hybridized carbons (Fsp3) is 0.333. The van der Waals surface area contributed by atoms with E-state index < -0.39 is 6.04 Å². The minimum atomic E-state index is -0.417. The molecule has 0 radical (unpaired) electrons. The van der Waals surface area contributed by atoms with Crippen molar-refractivity contribution in [1.29, 1.82) is 0 Å². The highest BCUT2D eigenvalue weighted by Gasteiger charge is 2.12. The molecule has 1 heterocycles. The molecule has 0 aliphatic carbocycles. The number of hydrogen-bond donors (Lipinski definition) is 1. The number of esters is 1. The monoisotopic (exact) mass is 258 g/mol. The first kappa shape index (κ1) is 11.1. The van der Waals surface area contributed by atoms with Crippen LogP contribution in [-0.4, -0.2) is 18.1 Å². The van der Waals surface area contributed by atoms with Crippen molar-refractivity contribution < 1.29 is 9.53 Å². The Labute approximate surface area is 90.6 Å². The van der Waals surface area contributed by atoms with E-state index in [0.717, 1.165) is 0 Å². The van der Waals surface area contributed by atoms with Crippen molar-refractivity contribution in [2.45, 2.75) is 12.5 Å². The number of hydrogen-bond acceptors (Lipinski definition) is 4. The molecular formula is C9H11BrN2O2. The average Bonchev–Trinajstić information content (AvgIpc) is 2.17. The summed E-state index contributed by atoms with van der Waals surface area (Å²) >= 11 is 3.23. The molecule has 0 bridgehead atoms. The molecule has 4 nitrogen and oxygen atoms in total. The summed E-state index contributed by atoms with van der Waals surface area (Å²) < 4.78 is 5.22. The van der Waals surface area contributed by atoms with Crippen molar-refractivity contribution in [3.05, 3.63) is 28.5 Å². The van der Waals surface area contributed by atoms with E-state index in [1.807, 2.05) is 6.07 Å². The van der Waals surface area contributed by atoms with Gasteiger partial charge in [-0.1, -0.05) is 6.07 Å². The van der Waals surface area contributed by atoms with Crippen LogP contribution in [0.4, 0.5) is 0 Å². The number of nitrogens with two attached hydrogens (primary N) is 1. The molecular weight excluding hydrogens is 248 g/mol. The van der Waals surface area contributed by atoms with E-state index in [2.05, 4.69) is 25.7 Å². The molecule has 76 valence electrons. The van der Waals surface area contributed by atoms with Crippen molar-refractivity contribution in [3.8, 4) is 0 Å². The van der Waals surface area contributed by atoms with Crippen LogP contribution in [0.5, 0.6) is 0 Å². The van der Waals surface area contributed by atoms with E-state index in [9.17, 15) is 4.79 Å². The number of pyridine rings is 1. The van der Waals surface area contributed by atoms with Gasteiger partial charge in [-0.3, -0.25) is 4.79 Å². The molecule has 0 aliphatic rings. The number of nitrogens with zero attached hydrogens (tertiary/aromatic N) is 1. The number of ether oxygens (including phenoxy) is 1. The second kappa shape index (κ2) is 5.07. The van der Waals surface area contributed by atoms with Crippen molar-refractivity contribution in [2.24, 2.45) is 5.73 Å². The molecule has 1 rings (SSSR count). The molecule has 0 aliphatic heterocycles. The fourth-order valence-electron chi connectivity index (χ4n) is 0.998. The summed E-state index contributed by atoms with van der Waals surface area (Å²) in [7, 11) is 1.34. The molecule has 5 heteroatoms. The van der Waals surface area contributed by atoms with Gasteiger partial charge >= 0.3 is 5.97 Å². The average molecular weight is 259 g/mol. The third-order valence-electron chi connectivity index (χ3n) is 1.73. The number of carbonyl (C=O) groups is 1. The molecule has 1 atom stereocenters. The van der Waals surface area contributed by atoms with E-state index in [0.29, 0.717) is 10.3 Å². The van der Waals surface area contributed by atoms with Crippen molar-refractivity contribution in [3.63, 3.8) is 0 Å². The zero-order valence-corrected chi connectivity index (χ0v) is 9.32. The highest BCUT2D eigenvalue weighted by atomic mass is 79.9. The quantitative estimate of drug-likeness (QED) is 0.658.